The zero-order valence-electron chi connectivity index (χ0n) is 20.5. The number of hydrogen-bond acceptors (Lipinski definition) is 9. The van der Waals surface area contributed by atoms with E-state index in [0.717, 1.165) is 16.3 Å². The number of hydrogen-bond donors (Lipinski definition) is 0. The third-order valence-electron chi connectivity index (χ3n) is 6.20. The average Bonchev–Trinajstić information content (AvgIpc) is 3.52. The number of nitrogens with zero attached hydrogens (tertiary/aromatic N) is 7. The van der Waals surface area contributed by atoms with Crippen molar-refractivity contribution in [2.45, 2.75) is 44.2 Å². The van der Waals surface area contributed by atoms with Crippen molar-refractivity contribution in [1.82, 2.24) is 29.6 Å². The van der Waals surface area contributed by atoms with E-state index in [4.69, 9.17) is 18.9 Å². The van der Waals surface area contributed by atoms with Gasteiger partial charge < -0.3 is 28.4 Å². The van der Waals surface area contributed by atoms with E-state index in [9.17, 15) is 0 Å². The van der Waals surface area contributed by atoms with Crippen LogP contribution in [0.3, 0.4) is 0 Å². The first-order valence-corrected chi connectivity index (χ1v) is 11.8. The molecule has 2 fully saturated rings. The number of rotatable bonds is 6. The lowest BCUT2D eigenvalue weighted by Crippen LogP contribution is -2.33. The van der Waals surface area contributed by atoms with E-state index in [1.807, 2.05) is 73.9 Å². The molecule has 4 aromatic rings. The van der Waals surface area contributed by atoms with Crippen LogP contribution in [0.1, 0.15) is 20.1 Å². The molecule has 5 heterocycles. The van der Waals surface area contributed by atoms with Crippen molar-refractivity contribution in [2.24, 2.45) is 4.99 Å². The molecular formula is C25H27N7O4. The number of fused-ring (bicyclic) bond motifs is 3. The monoisotopic (exact) mass is 489 g/mol. The maximum absolute atomic E-state index is 6.47. The van der Waals surface area contributed by atoms with Crippen LogP contribution < -0.4 is 4.74 Å². The van der Waals surface area contributed by atoms with Gasteiger partial charge >= 0.3 is 0 Å². The first-order valence-electron chi connectivity index (χ1n) is 11.8. The Labute approximate surface area is 207 Å². The quantitative estimate of drug-likeness (QED) is 0.298. The molecule has 3 aromatic heterocycles. The molecule has 0 amide bonds. The smallest absolute Gasteiger partial charge is 0.166 e. The minimum atomic E-state index is -0.743. The van der Waals surface area contributed by atoms with E-state index in [1.54, 1.807) is 12.5 Å². The standard InChI is InChI=1S/C25H27N7O4/c1-25(2)35-20-19(12-33-16-6-5-15-7-9-29-30-18(15)11-16)34-24(21(20)36-25)32-10-8-17-22(28-14-31(3)4)26-13-27-23(17)32/h5-11,13-14,19-21,24H,12H2,1-4H3/b28-14+/t19-,20-,21-,24-/m1/s1. The number of aromatic nitrogens is 5. The van der Waals surface area contributed by atoms with E-state index in [-0.39, 0.29) is 24.9 Å². The van der Waals surface area contributed by atoms with Crippen LogP contribution in [0.5, 0.6) is 5.75 Å². The van der Waals surface area contributed by atoms with Crippen LogP contribution in [0, 0.1) is 0 Å². The van der Waals surface area contributed by atoms with Crippen molar-refractivity contribution >= 4 is 34.1 Å². The molecule has 2 aliphatic rings. The van der Waals surface area contributed by atoms with E-state index >= 15 is 0 Å². The number of benzene rings is 1. The molecule has 186 valence electrons. The van der Waals surface area contributed by atoms with Gasteiger partial charge in [0.25, 0.3) is 0 Å². The van der Waals surface area contributed by atoms with Gasteiger partial charge in [-0.2, -0.15) is 10.2 Å². The van der Waals surface area contributed by atoms with Crippen LogP contribution in [0.15, 0.2) is 54.0 Å². The van der Waals surface area contributed by atoms with Gasteiger partial charge in [0.05, 0.1) is 23.4 Å². The van der Waals surface area contributed by atoms with Gasteiger partial charge in [-0.05, 0) is 38.1 Å². The Kier molecular flexibility index (Phi) is 5.55. The van der Waals surface area contributed by atoms with Gasteiger partial charge in [-0.15, -0.1) is 0 Å². The molecule has 1 aromatic carbocycles. The van der Waals surface area contributed by atoms with Crippen LogP contribution in [0.4, 0.5) is 5.82 Å². The summed E-state index contributed by atoms with van der Waals surface area (Å²) in [6.45, 7) is 4.11. The first-order chi connectivity index (χ1) is 17.4. The summed E-state index contributed by atoms with van der Waals surface area (Å²) in [5.41, 5.74) is 1.48. The van der Waals surface area contributed by atoms with E-state index < -0.39 is 12.0 Å². The maximum atomic E-state index is 6.47. The van der Waals surface area contributed by atoms with E-state index in [0.29, 0.717) is 17.2 Å². The third-order valence-corrected chi connectivity index (χ3v) is 6.20. The summed E-state index contributed by atoms with van der Waals surface area (Å²) in [5, 5.41) is 9.94. The lowest BCUT2D eigenvalue weighted by atomic mass is 10.1. The van der Waals surface area contributed by atoms with Gasteiger partial charge in [-0.3, -0.25) is 0 Å². The predicted molar refractivity (Wildman–Crippen MR) is 132 cm³/mol. The average molecular weight is 490 g/mol. The second-order valence-corrected chi connectivity index (χ2v) is 9.56. The number of aliphatic imine (C=N–C) groups is 1. The van der Waals surface area contributed by atoms with Gasteiger partial charge in [0.1, 0.15) is 42.6 Å². The molecule has 2 saturated heterocycles. The second-order valence-electron chi connectivity index (χ2n) is 9.56. The largest absolute Gasteiger partial charge is 0.491 e. The Bertz CT molecular complexity index is 1440. The van der Waals surface area contributed by atoms with Gasteiger partial charge in [0.15, 0.2) is 17.8 Å². The normalized spacial score (nSPS) is 25.1. The van der Waals surface area contributed by atoms with Gasteiger partial charge in [0, 0.05) is 31.7 Å². The van der Waals surface area contributed by atoms with Crippen LogP contribution in [-0.2, 0) is 14.2 Å². The molecule has 0 aliphatic carbocycles. The van der Waals surface area contributed by atoms with Gasteiger partial charge in [0.2, 0.25) is 0 Å². The third kappa shape index (κ3) is 4.15. The van der Waals surface area contributed by atoms with Crippen LogP contribution in [0.25, 0.3) is 21.9 Å². The molecule has 4 atom stereocenters. The fraction of sp³-hybridized carbons (Fsp3) is 0.400. The van der Waals surface area contributed by atoms with Crippen molar-refractivity contribution in [3.63, 3.8) is 0 Å². The summed E-state index contributed by atoms with van der Waals surface area (Å²) in [6.07, 6.45) is 5.36. The molecule has 11 heteroatoms. The first kappa shape index (κ1) is 22.8. The Morgan fingerprint density at radius 2 is 2.00 bits per heavy atom. The highest BCUT2D eigenvalue weighted by molar-refractivity contribution is 5.87. The summed E-state index contributed by atoms with van der Waals surface area (Å²) in [5.74, 6) is 0.533. The van der Waals surface area contributed by atoms with Crippen molar-refractivity contribution in [1.29, 1.82) is 0 Å². The van der Waals surface area contributed by atoms with Crippen molar-refractivity contribution in [3.05, 3.63) is 49.1 Å². The topological polar surface area (TPSA) is 109 Å². The lowest BCUT2D eigenvalue weighted by molar-refractivity contribution is -0.198. The molecule has 0 N–H and O–H groups in total. The molecular weight excluding hydrogens is 462 g/mol. The SMILES string of the molecule is CN(C)/C=N/c1ncnc2c1ccn2[C@@H]1O[C@H](COc2ccc3ccnnc3c2)[C@H]2OC(C)(C)O[C@H]21. The molecule has 0 unspecified atom stereocenters. The molecule has 11 nitrogen and oxygen atoms in total. The summed E-state index contributed by atoms with van der Waals surface area (Å²) in [6, 6.07) is 9.59. The molecule has 36 heavy (non-hydrogen) atoms. The van der Waals surface area contributed by atoms with Crippen molar-refractivity contribution in [2.75, 3.05) is 20.7 Å². The molecule has 0 saturated carbocycles. The molecule has 6 rings (SSSR count). The maximum Gasteiger partial charge on any atom is 0.166 e. The fourth-order valence-corrected chi connectivity index (χ4v) is 4.68. The highest BCUT2D eigenvalue weighted by Crippen LogP contribution is 2.44. The summed E-state index contributed by atoms with van der Waals surface area (Å²) < 4.78 is 27.1. The molecule has 0 bridgehead atoms. The van der Waals surface area contributed by atoms with Crippen LogP contribution in [-0.4, -0.2) is 80.8 Å². The van der Waals surface area contributed by atoms with Gasteiger partial charge in [-0.25, -0.2) is 15.0 Å². The van der Waals surface area contributed by atoms with Gasteiger partial charge in [-0.1, -0.05) is 0 Å². The summed E-state index contributed by atoms with van der Waals surface area (Å²) in [7, 11) is 3.82. The molecule has 2 aliphatic heterocycles. The van der Waals surface area contributed by atoms with Crippen molar-refractivity contribution < 1.29 is 18.9 Å². The number of ether oxygens (including phenoxy) is 4. The van der Waals surface area contributed by atoms with Crippen LogP contribution >= 0.6 is 0 Å². The lowest BCUT2D eigenvalue weighted by Gasteiger charge is -2.25. The minimum absolute atomic E-state index is 0.287. The van der Waals surface area contributed by atoms with Crippen LogP contribution in [0.2, 0.25) is 0 Å². The van der Waals surface area contributed by atoms with E-state index in [2.05, 4.69) is 25.2 Å². The second kappa shape index (κ2) is 8.77. The molecule has 0 spiro atoms. The Hall–Kier alpha value is -3.67. The summed E-state index contributed by atoms with van der Waals surface area (Å²) >= 11 is 0. The van der Waals surface area contributed by atoms with E-state index in [1.165, 1.54) is 6.33 Å². The minimum Gasteiger partial charge on any atom is -0.491 e. The Morgan fingerprint density at radius 3 is 2.86 bits per heavy atom. The Balaban J connectivity index is 1.27. The molecule has 0 radical (unpaired) electrons. The Morgan fingerprint density at radius 1 is 1.14 bits per heavy atom. The highest BCUT2D eigenvalue weighted by atomic mass is 16.8. The fourth-order valence-electron chi connectivity index (χ4n) is 4.68. The van der Waals surface area contributed by atoms with Crippen molar-refractivity contribution in [3.8, 4) is 5.75 Å². The zero-order chi connectivity index (χ0) is 24.9. The summed E-state index contributed by atoms with van der Waals surface area (Å²) in [4.78, 5) is 15.2. The predicted octanol–water partition coefficient (Wildman–Crippen LogP) is 3.09. The highest BCUT2D eigenvalue weighted by Gasteiger charge is 2.56. The zero-order valence-corrected chi connectivity index (χ0v) is 20.5.